The topological polar surface area (TPSA) is 66.6 Å². The van der Waals surface area contributed by atoms with Gasteiger partial charge in [0.1, 0.15) is 0 Å². The van der Waals surface area contributed by atoms with Crippen LogP contribution in [0, 0.1) is 0 Å². The number of piperidine rings is 1. The average molecular weight is 420 g/mol. The summed E-state index contributed by atoms with van der Waals surface area (Å²) in [6.07, 6.45) is 4.11. The van der Waals surface area contributed by atoms with Gasteiger partial charge in [-0.2, -0.15) is 0 Å². The van der Waals surface area contributed by atoms with Gasteiger partial charge < -0.3 is 24.7 Å². The quantitative estimate of drug-likeness (QED) is 0.641. The molecule has 1 saturated heterocycles. The van der Waals surface area contributed by atoms with E-state index in [1.165, 1.54) is 16.5 Å². The molecule has 1 aromatic heterocycles. The summed E-state index contributed by atoms with van der Waals surface area (Å²) in [5.41, 5.74) is 3.47. The number of hydrogen-bond donors (Lipinski definition) is 2. The fourth-order valence-electron chi connectivity index (χ4n) is 4.65. The summed E-state index contributed by atoms with van der Waals surface area (Å²) in [5.74, 6) is 2.04. The van der Waals surface area contributed by atoms with E-state index in [4.69, 9.17) is 9.47 Å². The fraction of sp³-hybridized carbons (Fsp3) is 0.400. The Balaban J connectivity index is 1.17. The number of urea groups is 1. The van der Waals surface area contributed by atoms with E-state index < -0.39 is 0 Å². The Morgan fingerprint density at radius 3 is 2.74 bits per heavy atom. The van der Waals surface area contributed by atoms with Gasteiger partial charge in [0.25, 0.3) is 0 Å². The van der Waals surface area contributed by atoms with Crippen molar-refractivity contribution in [2.24, 2.45) is 0 Å². The summed E-state index contributed by atoms with van der Waals surface area (Å²) in [6.45, 7) is 6.65. The van der Waals surface area contributed by atoms with E-state index in [1.54, 1.807) is 0 Å². The zero-order valence-electron chi connectivity index (χ0n) is 18.1. The molecule has 0 bridgehead atoms. The molecule has 2 N–H and O–H groups in total. The SMILES string of the molecule is CC(C)(CNC(=O)N1CCC(c2c[nH]c3ccccc23)CC1)c1ccc2c(c1)OCO2. The van der Waals surface area contributed by atoms with Crippen molar-refractivity contribution < 1.29 is 14.3 Å². The molecule has 3 heterocycles. The number of para-hydroxylation sites is 1. The lowest BCUT2D eigenvalue weighted by Crippen LogP contribution is -2.47. The molecule has 0 spiro atoms. The van der Waals surface area contributed by atoms with Crippen molar-refractivity contribution in [1.82, 2.24) is 15.2 Å². The summed E-state index contributed by atoms with van der Waals surface area (Å²) < 4.78 is 10.9. The number of benzene rings is 2. The van der Waals surface area contributed by atoms with Gasteiger partial charge in [0, 0.05) is 42.1 Å². The fourth-order valence-corrected chi connectivity index (χ4v) is 4.65. The molecule has 0 radical (unpaired) electrons. The molecule has 2 aliphatic rings. The van der Waals surface area contributed by atoms with Gasteiger partial charge in [-0.1, -0.05) is 38.1 Å². The summed E-state index contributed by atoms with van der Waals surface area (Å²) >= 11 is 0. The molecule has 2 aromatic carbocycles. The van der Waals surface area contributed by atoms with Crippen LogP contribution in [0.4, 0.5) is 4.79 Å². The molecule has 0 aliphatic carbocycles. The van der Waals surface area contributed by atoms with Crippen LogP contribution in [0.25, 0.3) is 10.9 Å². The number of hydrogen-bond acceptors (Lipinski definition) is 3. The van der Waals surface area contributed by atoms with Crippen LogP contribution in [0.2, 0.25) is 0 Å². The Morgan fingerprint density at radius 2 is 1.90 bits per heavy atom. The minimum atomic E-state index is -0.209. The standard InChI is InChI=1S/C25H29N3O3/c1-25(2,18-7-8-22-23(13-18)31-16-30-22)15-27-24(29)28-11-9-17(10-12-28)20-14-26-21-6-4-3-5-19(20)21/h3-8,13-14,17,26H,9-12,15-16H2,1-2H3,(H,27,29). The van der Waals surface area contributed by atoms with Gasteiger partial charge in [0.15, 0.2) is 11.5 Å². The number of rotatable bonds is 4. The molecular formula is C25H29N3O3. The van der Waals surface area contributed by atoms with Crippen molar-refractivity contribution in [1.29, 1.82) is 0 Å². The molecule has 5 rings (SSSR count). The predicted molar refractivity (Wildman–Crippen MR) is 121 cm³/mol. The van der Waals surface area contributed by atoms with Gasteiger partial charge in [-0.15, -0.1) is 0 Å². The van der Waals surface area contributed by atoms with E-state index in [2.05, 4.69) is 54.6 Å². The smallest absolute Gasteiger partial charge is 0.317 e. The highest BCUT2D eigenvalue weighted by Gasteiger charge is 2.28. The third kappa shape index (κ3) is 3.82. The summed E-state index contributed by atoms with van der Waals surface area (Å²) in [7, 11) is 0. The van der Waals surface area contributed by atoms with E-state index in [9.17, 15) is 4.79 Å². The van der Waals surface area contributed by atoms with E-state index in [0.29, 0.717) is 12.5 Å². The van der Waals surface area contributed by atoms with Crippen LogP contribution in [0.3, 0.4) is 0 Å². The van der Waals surface area contributed by atoms with Crippen LogP contribution in [0.5, 0.6) is 11.5 Å². The largest absolute Gasteiger partial charge is 0.454 e. The van der Waals surface area contributed by atoms with E-state index in [1.807, 2.05) is 23.1 Å². The summed E-state index contributed by atoms with van der Waals surface area (Å²) in [4.78, 5) is 18.2. The second kappa shape index (κ2) is 7.84. The maximum absolute atomic E-state index is 12.8. The summed E-state index contributed by atoms with van der Waals surface area (Å²) in [5, 5.41) is 4.45. The Hall–Kier alpha value is -3.15. The molecule has 3 aromatic rings. The lowest BCUT2D eigenvalue weighted by molar-refractivity contribution is 0.174. The number of nitrogens with one attached hydrogen (secondary N) is 2. The first kappa shape index (κ1) is 19.8. The predicted octanol–water partition coefficient (Wildman–Crippen LogP) is 4.76. The van der Waals surface area contributed by atoms with Crippen LogP contribution < -0.4 is 14.8 Å². The number of carbonyl (C=O) groups excluding carboxylic acids is 1. The number of nitrogens with zero attached hydrogens (tertiary/aromatic N) is 1. The molecule has 2 aliphatic heterocycles. The van der Waals surface area contributed by atoms with Crippen LogP contribution in [0.1, 0.15) is 43.7 Å². The Kier molecular flexibility index (Phi) is 5.00. The normalized spacial score (nSPS) is 16.6. The van der Waals surface area contributed by atoms with Crippen molar-refractivity contribution in [3.63, 3.8) is 0 Å². The van der Waals surface area contributed by atoms with Crippen molar-refractivity contribution in [2.45, 2.75) is 38.0 Å². The molecule has 0 unspecified atom stereocenters. The molecule has 31 heavy (non-hydrogen) atoms. The number of aromatic amines is 1. The van der Waals surface area contributed by atoms with Crippen LogP contribution in [-0.4, -0.2) is 42.3 Å². The van der Waals surface area contributed by atoms with Gasteiger partial charge in [-0.25, -0.2) is 4.79 Å². The number of ether oxygens (including phenoxy) is 2. The van der Waals surface area contributed by atoms with E-state index >= 15 is 0 Å². The molecule has 6 nitrogen and oxygen atoms in total. The minimum Gasteiger partial charge on any atom is -0.454 e. The Morgan fingerprint density at radius 1 is 1.13 bits per heavy atom. The third-order valence-electron chi connectivity index (χ3n) is 6.68. The van der Waals surface area contributed by atoms with Gasteiger partial charge >= 0.3 is 6.03 Å². The highest BCUT2D eigenvalue weighted by atomic mass is 16.7. The molecule has 0 atom stereocenters. The number of carbonyl (C=O) groups is 1. The lowest BCUT2D eigenvalue weighted by Gasteiger charge is -2.33. The molecule has 2 amide bonds. The first-order chi connectivity index (χ1) is 15.0. The molecular weight excluding hydrogens is 390 g/mol. The van der Waals surface area contributed by atoms with Gasteiger partial charge in [0.2, 0.25) is 6.79 Å². The van der Waals surface area contributed by atoms with Gasteiger partial charge in [-0.05, 0) is 48.1 Å². The third-order valence-corrected chi connectivity index (χ3v) is 6.68. The first-order valence-electron chi connectivity index (χ1n) is 11.0. The lowest BCUT2D eigenvalue weighted by atomic mass is 9.84. The van der Waals surface area contributed by atoms with Crippen molar-refractivity contribution in [3.05, 3.63) is 59.8 Å². The number of amides is 2. The van der Waals surface area contributed by atoms with Crippen molar-refractivity contribution in [2.75, 3.05) is 26.4 Å². The van der Waals surface area contributed by atoms with Gasteiger partial charge in [-0.3, -0.25) is 0 Å². The highest BCUT2D eigenvalue weighted by molar-refractivity contribution is 5.83. The molecule has 162 valence electrons. The number of fused-ring (bicyclic) bond motifs is 2. The number of aromatic nitrogens is 1. The van der Waals surface area contributed by atoms with E-state index in [-0.39, 0.29) is 18.2 Å². The van der Waals surface area contributed by atoms with Gasteiger partial charge in [0.05, 0.1) is 0 Å². The van der Waals surface area contributed by atoms with Crippen LogP contribution >= 0.6 is 0 Å². The average Bonchev–Trinajstić information content (AvgIpc) is 3.44. The second-order valence-electron chi connectivity index (χ2n) is 9.16. The second-order valence-corrected chi connectivity index (χ2v) is 9.16. The zero-order valence-corrected chi connectivity index (χ0v) is 18.1. The number of H-pyrrole nitrogens is 1. The van der Waals surface area contributed by atoms with Crippen molar-refractivity contribution >= 4 is 16.9 Å². The molecule has 6 heteroatoms. The Bertz CT molecular complexity index is 1100. The monoisotopic (exact) mass is 419 g/mol. The van der Waals surface area contributed by atoms with Crippen LogP contribution in [0.15, 0.2) is 48.7 Å². The molecule has 1 fully saturated rings. The van der Waals surface area contributed by atoms with Crippen LogP contribution in [-0.2, 0) is 5.41 Å². The Labute approximate surface area is 182 Å². The summed E-state index contributed by atoms with van der Waals surface area (Å²) in [6, 6.07) is 14.5. The number of likely N-dealkylation sites (tertiary alicyclic amines) is 1. The highest BCUT2D eigenvalue weighted by Crippen LogP contribution is 2.36. The maximum atomic E-state index is 12.8. The minimum absolute atomic E-state index is 0.0196. The van der Waals surface area contributed by atoms with E-state index in [0.717, 1.165) is 43.0 Å². The molecule has 0 saturated carbocycles. The zero-order chi connectivity index (χ0) is 21.4. The first-order valence-corrected chi connectivity index (χ1v) is 11.0. The maximum Gasteiger partial charge on any atom is 0.317 e. The van der Waals surface area contributed by atoms with Crippen molar-refractivity contribution in [3.8, 4) is 11.5 Å².